The predicted molar refractivity (Wildman–Crippen MR) is 73.2 cm³/mol. The lowest BCUT2D eigenvalue weighted by atomic mass is 10.1. The summed E-state index contributed by atoms with van der Waals surface area (Å²) in [7, 11) is 0. The molecule has 0 saturated carbocycles. The predicted octanol–water partition coefficient (Wildman–Crippen LogP) is 4.92. The Morgan fingerprint density at radius 1 is 1.30 bits per heavy atom. The molecule has 2 nitrogen and oxygen atoms in total. The number of benzene rings is 1. The molecule has 1 aromatic carbocycles. The molecule has 0 fully saturated rings. The second-order valence-electron chi connectivity index (χ2n) is 3.89. The monoisotopic (exact) mass is 364 g/mol. The van der Waals surface area contributed by atoms with E-state index in [1.807, 2.05) is 5.38 Å². The Balaban J connectivity index is 2.24. The van der Waals surface area contributed by atoms with Crippen LogP contribution in [0.25, 0.3) is 0 Å². The van der Waals surface area contributed by atoms with E-state index >= 15 is 0 Å². The second-order valence-corrected chi connectivity index (χ2v) is 5.80. The molecule has 1 aromatic heterocycles. The molecule has 0 N–H and O–H groups in total. The number of alkyl halides is 3. The number of carbonyl (C=O) groups is 1. The van der Waals surface area contributed by atoms with Gasteiger partial charge >= 0.3 is 6.18 Å². The van der Waals surface area contributed by atoms with Crippen molar-refractivity contribution in [1.82, 2.24) is 0 Å². The van der Waals surface area contributed by atoms with Gasteiger partial charge in [-0.2, -0.15) is 13.2 Å². The van der Waals surface area contributed by atoms with E-state index in [1.54, 1.807) is 6.07 Å². The molecule has 0 spiro atoms. The summed E-state index contributed by atoms with van der Waals surface area (Å²) in [6.07, 6.45) is -4.19. The quantitative estimate of drug-likeness (QED) is 0.719. The van der Waals surface area contributed by atoms with E-state index in [9.17, 15) is 18.0 Å². The zero-order valence-electron chi connectivity index (χ0n) is 9.91. The third kappa shape index (κ3) is 3.61. The van der Waals surface area contributed by atoms with E-state index in [1.165, 1.54) is 17.4 Å². The molecule has 0 bridgehead atoms. The Bertz CT molecular complexity index is 622. The topological polar surface area (TPSA) is 26.3 Å². The summed E-state index contributed by atoms with van der Waals surface area (Å²) in [6, 6.07) is 5.02. The highest BCUT2D eigenvalue weighted by atomic mass is 79.9. The van der Waals surface area contributed by atoms with Crippen LogP contribution in [0, 0.1) is 0 Å². The minimum Gasteiger partial charge on any atom is -0.487 e. The molecular weight excluding hydrogens is 357 g/mol. The number of hydrogen-bond donors (Lipinski definition) is 0. The van der Waals surface area contributed by atoms with Gasteiger partial charge in [0.1, 0.15) is 18.6 Å². The molecular formula is C13H8BrF3O2S. The normalized spacial score (nSPS) is 11.4. The van der Waals surface area contributed by atoms with Crippen LogP contribution in [-0.2, 0) is 12.8 Å². The van der Waals surface area contributed by atoms with E-state index in [0.717, 1.165) is 21.5 Å². The van der Waals surface area contributed by atoms with Crippen molar-refractivity contribution in [3.05, 3.63) is 50.1 Å². The smallest absolute Gasteiger partial charge is 0.419 e. The van der Waals surface area contributed by atoms with Gasteiger partial charge in [-0.15, -0.1) is 11.3 Å². The van der Waals surface area contributed by atoms with Crippen LogP contribution < -0.4 is 4.74 Å². The average Bonchev–Trinajstić information content (AvgIpc) is 2.81. The summed E-state index contributed by atoms with van der Waals surface area (Å²) >= 11 is 4.64. The third-order valence-electron chi connectivity index (χ3n) is 2.44. The number of rotatable bonds is 4. The van der Waals surface area contributed by atoms with Crippen molar-refractivity contribution in [3.8, 4) is 5.75 Å². The number of hydrogen-bond acceptors (Lipinski definition) is 3. The lowest BCUT2D eigenvalue weighted by Gasteiger charge is -2.13. The number of carbonyl (C=O) groups excluding carboxylic acids is 1. The zero-order chi connectivity index (χ0) is 14.8. The first kappa shape index (κ1) is 15.1. The fourth-order valence-electron chi connectivity index (χ4n) is 1.55. The fraction of sp³-hybridized carbons (Fsp3) is 0.154. The van der Waals surface area contributed by atoms with Crippen LogP contribution >= 0.6 is 27.3 Å². The van der Waals surface area contributed by atoms with Crippen LogP contribution in [0.1, 0.15) is 20.8 Å². The van der Waals surface area contributed by atoms with E-state index < -0.39 is 11.7 Å². The molecule has 0 radical (unpaired) electrons. The van der Waals surface area contributed by atoms with Crippen molar-refractivity contribution < 1.29 is 22.7 Å². The van der Waals surface area contributed by atoms with Gasteiger partial charge in [0, 0.05) is 20.3 Å². The first-order valence-electron chi connectivity index (χ1n) is 5.42. The van der Waals surface area contributed by atoms with Gasteiger partial charge < -0.3 is 4.74 Å². The second kappa shape index (κ2) is 5.97. The molecule has 2 rings (SSSR count). The van der Waals surface area contributed by atoms with Crippen LogP contribution in [0.15, 0.2) is 34.1 Å². The SMILES string of the molecule is O=Cc1ccc(OCc2cc(Br)cs2)c(C(F)(F)F)c1. The maximum atomic E-state index is 12.9. The van der Waals surface area contributed by atoms with Gasteiger partial charge in [-0.25, -0.2) is 0 Å². The summed E-state index contributed by atoms with van der Waals surface area (Å²) < 4.78 is 44.8. The van der Waals surface area contributed by atoms with Gasteiger partial charge in [0.2, 0.25) is 0 Å². The Hall–Kier alpha value is -1.34. The van der Waals surface area contributed by atoms with E-state index in [2.05, 4.69) is 15.9 Å². The van der Waals surface area contributed by atoms with Gasteiger partial charge in [0.15, 0.2) is 0 Å². The molecule has 0 saturated heterocycles. The maximum absolute atomic E-state index is 12.9. The summed E-state index contributed by atoms with van der Waals surface area (Å²) in [5.74, 6) is -0.285. The average molecular weight is 365 g/mol. The summed E-state index contributed by atoms with van der Waals surface area (Å²) in [4.78, 5) is 11.4. The molecule has 0 amide bonds. The van der Waals surface area contributed by atoms with E-state index in [0.29, 0.717) is 6.29 Å². The molecule has 0 atom stereocenters. The molecule has 0 aliphatic heterocycles. The van der Waals surface area contributed by atoms with Gasteiger partial charge in [-0.05, 0) is 40.2 Å². The van der Waals surface area contributed by atoms with Crippen molar-refractivity contribution in [3.63, 3.8) is 0 Å². The van der Waals surface area contributed by atoms with Gasteiger partial charge in [0.25, 0.3) is 0 Å². The van der Waals surface area contributed by atoms with Crippen LogP contribution in [-0.4, -0.2) is 6.29 Å². The van der Waals surface area contributed by atoms with Crippen LogP contribution in [0.5, 0.6) is 5.75 Å². The lowest BCUT2D eigenvalue weighted by molar-refractivity contribution is -0.139. The number of thiophene rings is 1. The molecule has 20 heavy (non-hydrogen) atoms. The summed E-state index contributed by atoms with van der Waals surface area (Å²) in [5, 5.41) is 1.82. The number of aldehydes is 1. The first-order valence-corrected chi connectivity index (χ1v) is 7.09. The first-order chi connectivity index (χ1) is 9.40. The Labute approximate surface area is 125 Å². The van der Waals surface area contributed by atoms with Crippen LogP contribution in [0.3, 0.4) is 0 Å². The summed E-state index contributed by atoms with van der Waals surface area (Å²) in [5.41, 5.74) is -0.985. The summed E-state index contributed by atoms with van der Waals surface area (Å²) in [6.45, 7) is 0.0415. The standard InChI is InChI=1S/C13H8BrF3O2S/c14-9-4-10(20-7-9)6-19-12-2-1-8(5-18)3-11(12)13(15,16)17/h1-5,7H,6H2. The molecule has 0 aliphatic rings. The maximum Gasteiger partial charge on any atom is 0.419 e. The molecule has 7 heteroatoms. The minimum absolute atomic E-state index is 0.0384. The van der Waals surface area contributed by atoms with Crippen LogP contribution in [0.4, 0.5) is 13.2 Å². The highest BCUT2D eigenvalue weighted by Crippen LogP contribution is 2.37. The Morgan fingerprint density at radius 3 is 2.60 bits per heavy atom. The van der Waals surface area contributed by atoms with Gasteiger partial charge in [-0.3, -0.25) is 4.79 Å². The molecule has 106 valence electrons. The molecule has 1 heterocycles. The number of halogens is 4. The fourth-order valence-corrected chi connectivity index (χ4v) is 2.91. The Morgan fingerprint density at radius 2 is 2.05 bits per heavy atom. The van der Waals surface area contributed by atoms with Gasteiger partial charge in [0.05, 0.1) is 5.56 Å². The van der Waals surface area contributed by atoms with Crippen molar-refractivity contribution in [2.45, 2.75) is 12.8 Å². The number of ether oxygens (including phenoxy) is 1. The highest BCUT2D eigenvalue weighted by Gasteiger charge is 2.34. The zero-order valence-corrected chi connectivity index (χ0v) is 12.3. The molecule has 0 aliphatic carbocycles. The molecule has 2 aromatic rings. The van der Waals surface area contributed by atoms with Crippen molar-refractivity contribution in [2.75, 3.05) is 0 Å². The lowest BCUT2D eigenvalue weighted by Crippen LogP contribution is -2.09. The third-order valence-corrected chi connectivity index (χ3v) is 4.11. The Kier molecular flexibility index (Phi) is 4.49. The van der Waals surface area contributed by atoms with E-state index in [4.69, 9.17) is 4.74 Å². The highest BCUT2D eigenvalue weighted by molar-refractivity contribution is 9.10. The molecule has 0 unspecified atom stereocenters. The van der Waals surface area contributed by atoms with Crippen molar-refractivity contribution in [1.29, 1.82) is 0 Å². The van der Waals surface area contributed by atoms with Crippen molar-refractivity contribution in [2.24, 2.45) is 0 Å². The minimum atomic E-state index is -4.57. The van der Waals surface area contributed by atoms with E-state index in [-0.39, 0.29) is 17.9 Å². The van der Waals surface area contributed by atoms with Crippen LogP contribution in [0.2, 0.25) is 0 Å². The van der Waals surface area contributed by atoms with Crippen molar-refractivity contribution >= 4 is 33.6 Å². The largest absolute Gasteiger partial charge is 0.487 e. The van der Waals surface area contributed by atoms with Gasteiger partial charge in [-0.1, -0.05) is 0 Å².